The van der Waals surface area contributed by atoms with Crippen molar-refractivity contribution in [3.05, 3.63) is 48.2 Å². The van der Waals surface area contributed by atoms with Crippen LogP contribution >= 0.6 is 24.0 Å². The van der Waals surface area contributed by atoms with Crippen molar-refractivity contribution in [1.29, 1.82) is 0 Å². The minimum absolute atomic E-state index is 0. The number of halogens is 1. The summed E-state index contributed by atoms with van der Waals surface area (Å²) in [7, 11) is 1.62. The molecule has 6 nitrogen and oxygen atoms in total. The van der Waals surface area contributed by atoms with E-state index in [1.165, 1.54) is 0 Å². The van der Waals surface area contributed by atoms with Crippen LogP contribution in [0.4, 0.5) is 5.69 Å². The van der Waals surface area contributed by atoms with Crippen molar-refractivity contribution < 1.29 is 9.47 Å². The second kappa shape index (κ2) is 11.5. The molecule has 0 fully saturated rings. The number of aliphatic imine (C=N–C) groups is 1. The number of nitrogens with one attached hydrogen (secondary N) is 1. The topological polar surface area (TPSA) is 81.8 Å². The third-order valence-corrected chi connectivity index (χ3v) is 3.35. The van der Waals surface area contributed by atoms with Gasteiger partial charge in [-0.05, 0) is 24.6 Å². The van der Waals surface area contributed by atoms with Gasteiger partial charge in [-0.2, -0.15) is 0 Å². The van der Waals surface area contributed by atoms with Crippen molar-refractivity contribution in [2.24, 2.45) is 10.7 Å². The van der Waals surface area contributed by atoms with Crippen molar-refractivity contribution in [1.82, 2.24) is 4.98 Å². The van der Waals surface area contributed by atoms with Gasteiger partial charge in [0.25, 0.3) is 0 Å². The summed E-state index contributed by atoms with van der Waals surface area (Å²) >= 11 is 0. The minimum Gasteiger partial charge on any atom is -0.497 e. The summed E-state index contributed by atoms with van der Waals surface area (Å²) in [6, 6.07) is 11.3. The maximum absolute atomic E-state index is 5.95. The Bertz CT molecular complexity index is 680. The lowest BCUT2D eigenvalue weighted by molar-refractivity contribution is 0.294. The number of unbranched alkanes of at least 4 members (excludes halogenated alkanes) is 1. The number of nitrogens with two attached hydrogens (primary N) is 1. The number of rotatable bonds is 8. The lowest BCUT2D eigenvalue weighted by Gasteiger charge is -2.09. The Labute approximate surface area is 165 Å². The summed E-state index contributed by atoms with van der Waals surface area (Å²) in [6.07, 6.45) is 3.79. The molecule has 25 heavy (non-hydrogen) atoms. The number of aromatic nitrogens is 1. The Morgan fingerprint density at radius 3 is 2.88 bits per heavy atom. The molecular weight excluding hydrogens is 431 g/mol. The predicted octanol–water partition coefficient (Wildman–Crippen LogP) is 3.81. The fourth-order valence-corrected chi connectivity index (χ4v) is 2.05. The van der Waals surface area contributed by atoms with Gasteiger partial charge in [0.15, 0.2) is 5.96 Å². The van der Waals surface area contributed by atoms with E-state index in [4.69, 9.17) is 15.2 Å². The molecule has 0 spiro atoms. The molecule has 2 aromatic rings. The minimum atomic E-state index is 0. The standard InChI is InChI=1S/C18H24N4O2.HI/c1-3-4-11-24-17-14(7-6-10-20-17)13-21-18(19)22-15-8-5-9-16(12-15)23-2;/h5-10,12H,3-4,11,13H2,1-2H3,(H3,19,21,22);1H. The van der Waals surface area contributed by atoms with Crippen LogP contribution in [0.2, 0.25) is 0 Å². The number of anilines is 1. The number of ether oxygens (including phenoxy) is 2. The van der Waals surface area contributed by atoms with Crippen LogP contribution in [-0.2, 0) is 6.54 Å². The summed E-state index contributed by atoms with van der Waals surface area (Å²) in [5.74, 6) is 1.70. The van der Waals surface area contributed by atoms with E-state index in [-0.39, 0.29) is 24.0 Å². The number of hydrogen-bond acceptors (Lipinski definition) is 4. The van der Waals surface area contributed by atoms with Crippen LogP contribution in [-0.4, -0.2) is 24.7 Å². The first-order valence-corrected chi connectivity index (χ1v) is 8.00. The fourth-order valence-electron chi connectivity index (χ4n) is 2.05. The number of methoxy groups -OCH3 is 1. The normalized spacial score (nSPS) is 10.7. The molecule has 2 rings (SSSR count). The summed E-state index contributed by atoms with van der Waals surface area (Å²) < 4.78 is 10.9. The molecule has 7 heteroatoms. The van der Waals surface area contributed by atoms with E-state index in [9.17, 15) is 0 Å². The van der Waals surface area contributed by atoms with Crippen molar-refractivity contribution in [3.8, 4) is 11.6 Å². The summed E-state index contributed by atoms with van der Waals surface area (Å²) in [6.45, 7) is 3.18. The Balaban J connectivity index is 0.00000312. The molecule has 3 N–H and O–H groups in total. The molecule has 136 valence electrons. The van der Waals surface area contributed by atoms with Gasteiger partial charge in [-0.25, -0.2) is 9.98 Å². The van der Waals surface area contributed by atoms with Gasteiger partial charge >= 0.3 is 0 Å². The summed E-state index contributed by atoms with van der Waals surface area (Å²) in [5, 5.41) is 3.05. The molecule has 0 bridgehead atoms. The highest BCUT2D eigenvalue weighted by Crippen LogP contribution is 2.17. The monoisotopic (exact) mass is 456 g/mol. The number of guanidine groups is 1. The number of pyridine rings is 1. The molecule has 0 radical (unpaired) electrons. The van der Waals surface area contributed by atoms with E-state index < -0.39 is 0 Å². The summed E-state index contributed by atoms with van der Waals surface area (Å²) in [5.41, 5.74) is 7.68. The van der Waals surface area contributed by atoms with E-state index in [0.29, 0.717) is 25.0 Å². The first-order chi connectivity index (χ1) is 11.7. The second-order valence-electron chi connectivity index (χ2n) is 5.23. The molecule has 1 aromatic heterocycles. The highest BCUT2D eigenvalue weighted by atomic mass is 127. The lowest BCUT2D eigenvalue weighted by Crippen LogP contribution is -2.22. The van der Waals surface area contributed by atoms with Crippen LogP contribution in [0.1, 0.15) is 25.3 Å². The smallest absolute Gasteiger partial charge is 0.218 e. The van der Waals surface area contributed by atoms with Gasteiger partial charge in [0.05, 0.1) is 20.3 Å². The molecule has 0 unspecified atom stereocenters. The highest BCUT2D eigenvalue weighted by molar-refractivity contribution is 14.0. The molecular formula is C18H25IN4O2. The number of hydrogen-bond donors (Lipinski definition) is 2. The molecule has 0 saturated heterocycles. The third-order valence-electron chi connectivity index (χ3n) is 3.35. The largest absolute Gasteiger partial charge is 0.497 e. The zero-order valence-electron chi connectivity index (χ0n) is 14.6. The van der Waals surface area contributed by atoms with Crippen molar-refractivity contribution >= 4 is 35.6 Å². The van der Waals surface area contributed by atoms with Gasteiger partial charge < -0.3 is 20.5 Å². The van der Waals surface area contributed by atoms with E-state index >= 15 is 0 Å². The molecule has 0 atom stereocenters. The van der Waals surface area contributed by atoms with Crippen LogP contribution in [0.5, 0.6) is 11.6 Å². The molecule has 0 saturated carbocycles. The zero-order chi connectivity index (χ0) is 17.2. The van der Waals surface area contributed by atoms with E-state index in [1.807, 2.05) is 36.4 Å². The quantitative estimate of drug-likeness (QED) is 0.273. The Hall–Kier alpha value is -2.03. The fraction of sp³-hybridized carbons (Fsp3) is 0.333. The first-order valence-electron chi connectivity index (χ1n) is 8.00. The highest BCUT2D eigenvalue weighted by Gasteiger charge is 2.04. The Kier molecular flexibility index (Phi) is 9.68. The van der Waals surface area contributed by atoms with E-state index in [2.05, 4.69) is 22.2 Å². The maximum atomic E-state index is 5.95. The number of benzene rings is 1. The van der Waals surface area contributed by atoms with Crippen LogP contribution in [0.3, 0.4) is 0 Å². The lowest BCUT2D eigenvalue weighted by atomic mass is 10.2. The van der Waals surface area contributed by atoms with Crippen molar-refractivity contribution in [2.75, 3.05) is 19.0 Å². The van der Waals surface area contributed by atoms with Crippen molar-refractivity contribution in [3.63, 3.8) is 0 Å². The van der Waals surface area contributed by atoms with Crippen LogP contribution in [0.15, 0.2) is 47.6 Å². The number of nitrogens with zero attached hydrogens (tertiary/aromatic N) is 2. The average molecular weight is 456 g/mol. The van der Waals surface area contributed by atoms with Gasteiger partial charge in [-0.15, -0.1) is 24.0 Å². The Morgan fingerprint density at radius 1 is 1.28 bits per heavy atom. The predicted molar refractivity (Wildman–Crippen MR) is 112 cm³/mol. The zero-order valence-corrected chi connectivity index (χ0v) is 16.9. The average Bonchev–Trinajstić information content (AvgIpc) is 2.61. The SMILES string of the molecule is CCCCOc1ncccc1CN=C(N)Nc1cccc(OC)c1.I. The molecule has 0 aliphatic carbocycles. The third kappa shape index (κ3) is 7.16. The van der Waals surface area contributed by atoms with E-state index in [0.717, 1.165) is 29.8 Å². The van der Waals surface area contributed by atoms with Gasteiger partial charge in [0, 0.05) is 23.5 Å². The van der Waals surface area contributed by atoms with Gasteiger partial charge in [0.2, 0.25) is 5.88 Å². The molecule has 1 aromatic carbocycles. The molecule has 0 aliphatic heterocycles. The first kappa shape index (κ1) is 21.0. The van der Waals surface area contributed by atoms with Crippen LogP contribution < -0.4 is 20.5 Å². The Morgan fingerprint density at radius 2 is 2.12 bits per heavy atom. The van der Waals surface area contributed by atoms with Crippen molar-refractivity contribution in [2.45, 2.75) is 26.3 Å². The molecule has 0 aliphatic rings. The molecule has 0 amide bonds. The van der Waals surface area contributed by atoms with Crippen LogP contribution in [0.25, 0.3) is 0 Å². The summed E-state index contributed by atoms with van der Waals surface area (Å²) in [4.78, 5) is 8.62. The van der Waals surface area contributed by atoms with E-state index in [1.54, 1.807) is 13.3 Å². The second-order valence-corrected chi connectivity index (χ2v) is 5.23. The molecule has 1 heterocycles. The van der Waals surface area contributed by atoms with Crippen LogP contribution in [0, 0.1) is 0 Å². The maximum Gasteiger partial charge on any atom is 0.218 e. The van der Waals surface area contributed by atoms with Gasteiger partial charge in [-0.3, -0.25) is 0 Å². The van der Waals surface area contributed by atoms with Gasteiger partial charge in [0.1, 0.15) is 5.75 Å². The van der Waals surface area contributed by atoms with Gasteiger partial charge in [-0.1, -0.05) is 25.5 Å².